The summed E-state index contributed by atoms with van der Waals surface area (Å²) in [6.45, 7) is 0.0908. The molecule has 1 atom stereocenters. The molecule has 0 aromatic heterocycles. The van der Waals surface area contributed by atoms with Crippen molar-refractivity contribution >= 4 is 21.6 Å². The van der Waals surface area contributed by atoms with Gasteiger partial charge in [-0.05, 0) is 37.0 Å². The van der Waals surface area contributed by atoms with Gasteiger partial charge in [-0.15, -0.1) is 11.6 Å². The van der Waals surface area contributed by atoms with E-state index >= 15 is 0 Å². The molecule has 0 heterocycles. The van der Waals surface area contributed by atoms with Crippen LogP contribution in [-0.2, 0) is 10.0 Å². The predicted octanol–water partition coefficient (Wildman–Crippen LogP) is 2.26. The van der Waals surface area contributed by atoms with Crippen molar-refractivity contribution in [2.24, 2.45) is 5.92 Å². The van der Waals surface area contributed by atoms with E-state index in [1.54, 1.807) is 0 Å². The maximum atomic E-state index is 13.0. The van der Waals surface area contributed by atoms with Gasteiger partial charge in [0.15, 0.2) is 11.6 Å². The second kappa shape index (κ2) is 5.11. The van der Waals surface area contributed by atoms with E-state index in [0.29, 0.717) is 12.0 Å². The third-order valence-corrected chi connectivity index (χ3v) is 4.74. The molecule has 0 aliphatic heterocycles. The van der Waals surface area contributed by atoms with E-state index in [-0.39, 0.29) is 16.8 Å². The summed E-state index contributed by atoms with van der Waals surface area (Å²) in [7, 11) is -3.84. The summed E-state index contributed by atoms with van der Waals surface area (Å²) in [5.74, 6) is -1.93. The first-order valence-corrected chi connectivity index (χ1v) is 7.41. The SMILES string of the molecule is O=S(=O)(NCC(Cl)C1CC1)c1ccc(F)c(F)c1. The normalized spacial score (nSPS) is 17.7. The maximum Gasteiger partial charge on any atom is 0.240 e. The van der Waals surface area contributed by atoms with Crippen LogP contribution in [0.4, 0.5) is 8.78 Å². The molecule has 1 unspecified atom stereocenters. The second-order valence-electron chi connectivity index (χ2n) is 4.28. The predicted molar refractivity (Wildman–Crippen MR) is 63.9 cm³/mol. The molecule has 0 spiro atoms. The van der Waals surface area contributed by atoms with Crippen LogP contribution in [0.3, 0.4) is 0 Å². The number of benzene rings is 1. The van der Waals surface area contributed by atoms with Crippen molar-refractivity contribution in [3.63, 3.8) is 0 Å². The van der Waals surface area contributed by atoms with Crippen molar-refractivity contribution in [3.8, 4) is 0 Å². The van der Waals surface area contributed by atoms with Gasteiger partial charge < -0.3 is 0 Å². The van der Waals surface area contributed by atoms with E-state index in [1.165, 1.54) is 0 Å². The highest BCUT2D eigenvalue weighted by molar-refractivity contribution is 7.89. The van der Waals surface area contributed by atoms with Gasteiger partial charge >= 0.3 is 0 Å². The average Bonchev–Trinajstić information content (AvgIpc) is 3.13. The van der Waals surface area contributed by atoms with E-state index in [9.17, 15) is 17.2 Å². The zero-order valence-corrected chi connectivity index (χ0v) is 10.9. The Balaban J connectivity index is 2.07. The van der Waals surface area contributed by atoms with Crippen molar-refractivity contribution in [2.75, 3.05) is 6.54 Å². The van der Waals surface area contributed by atoms with Gasteiger partial charge in [0, 0.05) is 11.9 Å². The molecular weight excluding hydrogens is 284 g/mol. The maximum absolute atomic E-state index is 13.0. The fraction of sp³-hybridized carbons (Fsp3) is 0.455. The summed E-state index contributed by atoms with van der Waals surface area (Å²) in [5, 5.41) is -0.259. The summed E-state index contributed by atoms with van der Waals surface area (Å²) in [5.41, 5.74) is 0. The molecule has 1 aromatic rings. The lowest BCUT2D eigenvalue weighted by Gasteiger charge is -2.10. The summed E-state index contributed by atoms with van der Waals surface area (Å²) < 4.78 is 51.5. The fourth-order valence-corrected chi connectivity index (χ4v) is 3.03. The monoisotopic (exact) mass is 295 g/mol. The molecule has 100 valence electrons. The molecule has 18 heavy (non-hydrogen) atoms. The minimum absolute atomic E-state index is 0.0908. The molecule has 0 saturated heterocycles. The number of hydrogen-bond donors (Lipinski definition) is 1. The van der Waals surface area contributed by atoms with Crippen molar-refractivity contribution in [2.45, 2.75) is 23.1 Å². The highest BCUT2D eigenvalue weighted by Crippen LogP contribution is 2.35. The van der Waals surface area contributed by atoms with Gasteiger partial charge in [-0.25, -0.2) is 21.9 Å². The molecule has 1 fully saturated rings. The van der Waals surface area contributed by atoms with Gasteiger partial charge in [0.1, 0.15) is 0 Å². The lowest BCUT2D eigenvalue weighted by Crippen LogP contribution is -2.30. The van der Waals surface area contributed by atoms with Crippen LogP contribution in [0.5, 0.6) is 0 Å². The molecule has 1 N–H and O–H groups in total. The fourth-order valence-electron chi connectivity index (χ4n) is 1.54. The lowest BCUT2D eigenvalue weighted by atomic mass is 10.3. The first-order valence-electron chi connectivity index (χ1n) is 5.49. The summed E-state index contributed by atoms with van der Waals surface area (Å²) in [6, 6.07) is 2.45. The van der Waals surface area contributed by atoms with Crippen molar-refractivity contribution in [3.05, 3.63) is 29.8 Å². The molecule has 1 saturated carbocycles. The van der Waals surface area contributed by atoms with E-state index in [4.69, 9.17) is 11.6 Å². The molecule has 3 nitrogen and oxygen atoms in total. The first-order chi connectivity index (χ1) is 8.40. The van der Waals surface area contributed by atoms with Gasteiger partial charge in [0.2, 0.25) is 10.0 Å². The van der Waals surface area contributed by atoms with Gasteiger partial charge in [-0.2, -0.15) is 0 Å². The minimum atomic E-state index is -3.84. The minimum Gasteiger partial charge on any atom is -0.210 e. The van der Waals surface area contributed by atoms with Crippen LogP contribution < -0.4 is 4.72 Å². The van der Waals surface area contributed by atoms with Crippen LogP contribution in [0.25, 0.3) is 0 Å². The Labute approximate surface area is 109 Å². The van der Waals surface area contributed by atoms with E-state index in [0.717, 1.165) is 25.0 Å². The van der Waals surface area contributed by atoms with E-state index in [1.807, 2.05) is 0 Å². The average molecular weight is 296 g/mol. The zero-order chi connectivity index (χ0) is 13.3. The number of sulfonamides is 1. The Morgan fingerprint density at radius 3 is 2.56 bits per heavy atom. The summed E-state index contributed by atoms with van der Waals surface area (Å²) >= 11 is 5.97. The highest BCUT2D eigenvalue weighted by atomic mass is 35.5. The van der Waals surface area contributed by atoms with Crippen molar-refractivity contribution < 1.29 is 17.2 Å². The largest absolute Gasteiger partial charge is 0.240 e. The van der Waals surface area contributed by atoms with Crippen LogP contribution in [0.15, 0.2) is 23.1 Å². The molecule has 0 radical (unpaired) electrons. The molecule has 7 heteroatoms. The Kier molecular flexibility index (Phi) is 3.89. The lowest BCUT2D eigenvalue weighted by molar-refractivity contribution is 0.504. The quantitative estimate of drug-likeness (QED) is 0.847. The third-order valence-electron chi connectivity index (χ3n) is 2.80. The molecule has 1 aromatic carbocycles. The number of nitrogens with one attached hydrogen (secondary N) is 1. The summed E-state index contributed by atoms with van der Waals surface area (Å²) in [4.78, 5) is -0.305. The van der Waals surface area contributed by atoms with Gasteiger partial charge in [0.05, 0.1) is 4.90 Å². The molecular formula is C11H12ClF2NO2S. The van der Waals surface area contributed by atoms with Crippen molar-refractivity contribution in [1.29, 1.82) is 0 Å². The number of halogens is 3. The molecule has 1 aliphatic carbocycles. The Hall–Kier alpha value is -0.720. The van der Waals surface area contributed by atoms with Crippen LogP contribution in [0.1, 0.15) is 12.8 Å². The van der Waals surface area contributed by atoms with E-state index in [2.05, 4.69) is 4.72 Å². The Bertz CT molecular complexity index is 546. The second-order valence-corrected chi connectivity index (χ2v) is 6.61. The Morgan fingerprint density at radius 2 is 2.00 bits per heavy atom. The van der Waals surface area contributed by atoms with Gasteiger partial charge in [-0.1, -0.05) is 0 Å². The van der Waals surface area contributed by atoms with Crippen LogP contribution in [-0.4, -0.2) is 20.3 Å². The van der Waals surface area contributed by atoms with Crippen molar-refractivity contribution in [1.82, 2.24) is 4.72 Å². The smallest absolute Gasteiger partial charge is 0.210 e. The third kappa shape index (κ3) is 3.18. The van der Waals surface area contributed by atoms with Crippen LogP contribution in [0, 0.1) is 17.6 Å². The van der Waals surface area contributed by atoms with Gasteiger partial charge in [-0.3, -0.25) is 0 Å². The van der Waals surface area contributed by atoms with E-state index < -0.39 is 21.7 Å². The Morgan fingerprint density at radius 1 is 1.33 bits per heavy atom. The highest BCUT2D eigenvalue weighted by Gasteiger charge is 2.30. The van der Waals surface area contributed by atoms with Gasteiger partial charge in [0.25, 0.3) is 0 Å². The molecule has 1 aliphatic rings. The summed E-state index contributed by atoms with van der Waals surface area (Å²) in [6.07, 6.45) is 2.00. The molecule has 0 bridgehead atoms. The first kappa shape index (κ1) is 13.7. The molecule has 0 amide bonds. The standard InChI is InChI=1S/C11H12ClF2NO2S/c12-9(7-1-2-7)6-15-18(16,17)8-3-4-10(13)11(14)5-8/h3-5,7,9,15H,1-2,6H2. The topological polar surface area (TPSA) is 46.2 Å². The zero-order valence-electron chi connectivity index (χ0n) is 9.37. The van der Waals surface area contributed by atoms with Crippen LogP contribution in [0.2, 0.25) is 0 Å². The molecule has 2 rings (SSSR count). The number of hydrogen-bond acceptors (Lipinski definition) is 2. The number of rotatable bonds is 5. The van der Waals surface area contributed by atoms with Crippen LogP contribution >= 0.6 is 11.6 Å². The number of alkyl halides is 1.